The minimum Gasteiger partial charge on any atom is -0.486 e. The molecule has 0 aromatic heterocycles. The van der Waals surface area contributed by atoms with Crippen molar-refractivity contribution in [2.45, 2.75) is 33.4 Å². The predicted octanol–water partition coefficient (Wildman–Crippen LogP) is 5.82. The maximum absolute atomic E-state index is 14.5. The van der Waals surface area contributed by atoms with Gasteiger partial charge in [0.2, 0.25) is 12.7 Å². The average Bonchev–Trinajstić information content (AvgIpc) is 3.46. The SMILES string of the molecule is Cc1ccc(C(C(=O)NCc2ccc3c(c2)OCO3)N(C(=O)c2ccc3c(c2)OCCO3)c2cc(C)cc(C)c2)cc1. The zero-order chi connectivity index (χ0) is 29.2. The van der Waals surface area contributed by atoms with Crippen molar-refractivity contribution in [3.8, 4) is 23.0 Å². The van der Waals surface area contributed by atoms with Gasteiger partial charge in [-0.2, -0.15) is 0 Å². The molecule has 0 radical (unpaired) electrons. The first-order chi connectivity index (χ1) is 20.4. The molecule has 0 saturated carbocycles. The number of hydrogen-bond donors (Lipinski definition) is 1. The number of amides is 2. The van der Waals surface area contributed by atoms with Crippen LogP contribution in [0.1, 0.15) is 44.2 Å². The van der Waals surface area contributed by atoms with Gasteiger partial charge in [-0.25, -0.2) is 0 Å². The van der Waals surface area contributed by atoms with Gasteiger partial charge in [-0.1, -0.05) is 42.0 Å². The third kappa shape index (κ3) is 5.61. The summed E-state index contributed by atoms with van der Waals surface area (Å²) in [6.45, 7) is 7.21. The number of aryl methyl sites for hydroxylation is 3. The van der Waals surface area contributed by atoms with E-state index in [0.29, 0.717) is 53.0 Å². The molecule has 2 aliphatic rings. The van der Waals surface area contributed by atoms with E-state index in [1.807, 2.05) is 81.4 Å². The number of rotatable bonds is 7. The fourth-order valence-corrected chi connectivity index (χ4v) is 5.29. The Bertz CT molecular complexity index is 1630. The third-order valence-electron chi connectivity index (χ3n) is 7.30. The molecular formula is C34H32N2O6. The Morgan fingerprint density at radius 3 is 2.12 bits per heavy atom. The van der Waals surface area contributed by atoms with Crippen LogP contribution in [0.5, 0.6) is 23.0 Å². The molecule has 0 aliphatic carbocycles. The normalized spacial score (nSPS) is 13.8. The molecule has 1 N–H and O–H groups in total. The Morgan fingerprint density at radius 2 is 1.36 bits per heavy atom. The molecule has 4 aromatic rings. The Balaban J connectivity index is 1.41. The molecule has 8 nitrogen and oxygen atoms in total. The van der Waals surface area contributed by atoms with E-state index < -0.39 is 6.04 Å². The molecule has 2 aliphatic heterocycles. The van der Waals surface area contributed by atoms with Crippen molar-refractivity contribution >= 4 is 17.5 Å². The topological polar surface area (TPSA) is 86.3 Å². The van der Waals surface area contributed by atoms with Crippen LogP contribution in [0, 0.1) is 20.8 Å². The van der Waals surface area contributed by atoms with Crippen LogP contribution in [-0.4, -0.2) is 31.8 Å². The lowest BCUT2D eigenvalue weighted by molar-refractivity contribution is -0.122. The van der Waals surface area contributed by atoms with E-state index in [0.717, 1.165) is 22.3 Å². The molecule has 2 heterocycles. The molecule has 0 saturated heterocycles. The highest BCUT2D eigenvalue weighted by Crippen LogP contribution is 2.36. The number of carbonyl (C=O) groups is 2. The lowest BCUT2D eigenvalue weighted by atomic mass is 9.99. The summed E-state index contributed by atoms with van der Waals surface area (Å²) in [6.07, 6.45) is 0. The zero-order valence-corrected chi connectivity index (χ0v) is 23.8. The summed E-state index contributed by atoms with van der Waals surface area (Å²) < 4.78 is 22.4. The van der Waals surface area contributed by atoms with E-state index in [1.165, 1.54) is 0 Å². The first-order valence-corrected chi connectivity index (χ1v) is 13.9. The highest BCUT2D eigenvalue weighted by Gasteiger charge is 2.34. The van der Waals surface area contributed by atoms with Gasteiger partial charge in [-0.15, -0.1) is 0 Å². The number of fused-ring (bicyclic) bond motifs is 2. The molecule has 8 heteroatoms. The first kappa shape index (κ1) is 27.2. The molecule has 42 heavy (non-hydrogen) atoms. The molecule has 214 valence electrons. The van der Waals surface area contributed by atoms with Crippen molar-refractivity contribution in [3.05, 3.63) is 112 Å². The van der Waals surface area contributed by atoms with E-state index in [1.54, 1.807) is 23.1 Å². The number of benzene rings is 4. The van der Waals surface area contributed by atoms with Gasteiger partial charge in [0.05, 0.1) is 0 Å². The molecular weight excluding hydrogens is 532 g/mol. The summed E-state index contributed by atoms with van der Waals surface area (Å²) in [5.41, 5.74) is 5.56. The number of anilines is 1. The molecule has 0 fully saturated rings. The number of hydrogen-bond acceptors (Lipinski definition) is 6. The van der Waals surface area contributed by atoms with Crippen LogP contribution >= 0.6 is 0 Å². The van der Waals surface area contributed by atoms with Crippen molar-refractivity contribution in [1.29, 1.82) is 0 Å². The maximum Gasteiger partial charge on any atom is 0.259 e. The zero-order valence-electron chi connectivity index (χ0n) is 23.8. The molecule has 4 aromatic carbocycles. The van der Waals surface area contributed by atoms with Crippen LogP contribution in [0.25, 0.3) is 0 Å². The van der Waals surface area contributed by atoms with Crippen molar-refractivity contribution in [1.82, 2.24) is 5.32 Å². The van der Waals surface area contributed by atoms with Crippen LogP contribution in [0.4, 0.5) is 5.69 Å². The van der Waals surface area contributed by atoms with Crippen molar-refractivity contribution in [2.75, 3.05) is 24.9 Å². The lowest BCUT2D eigenvalue weighted by Gasteiger charge is -2.32. The highest BCUT2D eigenvalue weighted by molar-refractivity contribution is 6.10. The van der Waals surface area contributed by atoms with E-state index >= 15 is 0 Å². The fourth-order valence-electron chi connectivity index (χ4n) is 5.29. The molecule has 1 unspecified atom stereocenters. The minimum absolute atomic E-state index is 0.174. The van der Waals surface area contributed by atoms with Gasteiger partial charge in [0.1, 0.15) is 19.3 Å². The summed E-state index contributed by atoms with van der Waals surface area (Å²) in [5, 5.41) is 3.07. The Morgan fingerprint density at radius 1 is 0.714 bits per heavy atom. The number of carbonyl (C=O) groups excluding carboxylic acids is 2. The van der Waals surface area contributed by atoms with Gasteiger partial charge in [-0.3, -0.25) is 14.5 Å². The lowest BCUT2D eigenvalue weighted by Crippen LogP contribution is -2.44. The van der Waals surface area contributed by atoms with Gasteiger partial charge >= 0.3 is 0 Å². The number of ether oxygens (including phenoxy) is 4. The fraction of sp³-hybridized carbons (Fsp3) is 0.235. The summed E-state index contributed by atoms with van der Waals surface area (Å²) in [7, 11) is 0. The van der Waals surface area contributed by atoms with Crippen LogP contribution in [0.15, 0.2) is 78.9 Å². The third-order valence-corrected chi connectivity index (χ3v) is 7.30. The monoisotopic (exact) mass is 564 g/mol. The smallest absolute Gasteiger partial charge is 0.259 e. The highest BCUT2D eigenvalue weighted by atomic mass is 16.7. The largest absolute Gasteiger partial charge is 0.486 e. The molecule has 2 amide bonds. The average molecular weight is 565 g/mol. The molecule has 0 bridgehead atoms. The molecule has 6 rings (SSSR count). The van der Waals surface area contributed by atoms with Crippen LogP contribution < -0.4 is 29.2 Å². The maximum atomic E-state index is 14.5. The Kier molecular flexibility index (Phi) is 7.44. The quantitative estimate of drug-likeness (QED) is 0.305. The standard InChI is InChI=1S/C34H32N2O6/c1-21-4-7-25(8-5-21)32(33(37)35-19-24-6-10-29-30(17-24)42-20-41-29)36(27-15-22(2)14-23(3)16-27)34(38)26-9-11-28-31(18-26)40-13-12-39-28/h4-11,14-18,32H,12-13,19-20H2,1-3H3,(H,35,37). The van der Waals surface area contributed by atoms with Crippen LogP contribution in [0.2, 0.25) is 0 Å². The molecule has 0 spiro atoms. The second-order valence-electron chi connectivity index (χ2n) is 10.6. The van der Waals surface area contributed by atoms with Crippen LogP contribution in [-0.2, 0) is 11.3 Å². The molecule has 1 atom stereocenters. The van der Waals surface area contributed by atoms with E-state index in [2.05, 4.69) is 5.32 Å². The van der Waals surface area contributed by atoms with Gasteiger partial charge in [0, 0.05) is 17.8 Å². The van der Waals surface area contributed by atoms with Crippen molar-refractivity contribution in [2.24, 2.45) is 0 Å². The Labute approximate surface area is 244 Å². The summed E-state index contributed by atoms with van der Waals surface area (Å²) >= 11 is 0. The van der Waals surface area contributed by atoms with Gasteiger partial charge in [-0.05, 0) is 85.5 Å². The van der Waals surface area contributed by atoms with Crippen molar-refractivity contribution < 1.29 is 28.5 Å². The second kappa shape index (κ2) is 11.5. The summed E-state index contributed by atoms with van der Waals surface area (Å²) in [4.78, 5) is 30.2. The minimum atomic E-state index is -0.957. The van der Waals surface area contributed by atoms with Gasteiger partial charge in [0.15, 0.2) is 23.0 Å². The van der Waals surface area contributed by atoms with E-state index in [9.17, 15) is 9.59 Å². The van der Waals surface area contributed by atoms with E-state index in [4.69, 9.17) is 18.9 Å². The summed E-state index contributed by atoms with van der Waals surface area (Å²) in [5.74, 6) is 1.76. The predicted molar refractivity (Wildman–Crippen MR) is 158 cm³/mol. The van der Waals surface area contributed by atoms with E-state index in [-0.39, 0.29) is 25.2 Å². The van der Waals surface area contributed by atoms with Gasteiger partial charge < -0.3 is 24.3 Å². The second-order valence-corrected chi connectivity index (χ2v) is 10.6. The summed E-state index contributed by atoms with van der Waals surface area (Å²) in [6, 6.07) is 23.3. The van der Waals surface area contributed by atoms with Crippen LogP contribution in [0.3, 0.4) is 0 Å². The van der Waals surface area contributed by atoms with Gasteiger partial charge in [0.25, 0.3) is 5.91 Å². The number of nitrogens with one attached hydrogen (secondary N) is 1. The first-order valence-electron chi connectivity index (χ1n) is 13.9. The number of nitrogens with zero attached hydrogens (tertiary/aromatic N) is 1. The van der Waals surface area contributed by atoms with Crippen molar-refractivity contribution in [3.63, 3.8) is 0 Å². The Hall–Kier alpha value is -4.98.